The van der Waals surface area contributed by atoms with Gasteiger partial charge in [-0.05, 0) is 13.3 Å². The van der Waals surface area contributed by atoms with Crippen molar-refractivity contribution in [1.29, 1.82) is 0 Å². The van der Waals surface area contributed by atoms with Crippen molar-refractivity contribution in [3.05, 3.63) is 6.92 Å². The average molecular weight is 262 g/mol. The molecule has 0 nitrogen and oxygen atoms in total. The van der Waals surface area contributed by atoms with E-state index in [1.54, 1.807) is 0 Å². The monoisotopic (exact) mass is 261 g/mol. The van der Waals surface area contributed by atoms with Gasteiger partial charge in [-0.25, -0.2) is 0 Å². The third-order valence-corrected chi connectivity index (χ3v) is 1.50. The van der Waals surface area contributed by atoms with E-state index in [2.05, 4.69) is 45.4 Å². The van der Waals surface area contributed by atoms with Crippen LogP contribution in [0.25, 0.3) is 0 Å². The topological polar surface area (TPSA) is 0 Å². The highest BCUT2D eigenvalue weighted by atomic mass is 127. The molecule has 2 heteroatoms. The van der Waals surface area contributed by atoms with Crippen molar-refractivity contribution in [1.82, 2.24) is 0 Å². The van der Waals surface area contributed by atoms with E-state index in [1.165, 1.54) is 10.8 Å². The van der Waals surface area contributed by atoms with E-state index in [4.69, 9.17) is 0 Å². The standard InChI is InChI=1S/C4H7BrI/c1-4(5)2-3-6/h4H,1-3H2. The molecule has 0 amide bonds. The lowest BCUT2D eigenvalue weighted by molar-refractivity contribution is 1.02. The molecule has 0 N–H and O–H groups in total. The molecule has 0 heterocycles. The number of alkyl halides is 2. The minimum Gasteiger partial charge on any atom is -0.0890 e. The molecule has 0 saturated heterocycles. The second kappa shape index (κ2) is 4.37. The molecule has 0 aromatic heterocycles. The van der Waals surface area contributed by atoms with Crippen LogP contribution in [-0.4, -0.2) is 9.25 Å². The first-order valence-electron chi connectivity index (χ1n) is 1.80. The largest absolute Gasteiger partial charge is 0.0890 e. The van der Waals surface area contributed by atoms with Crippen molar-refractivity contribution < 1.29 is 0 Å². The molecule has 1 radical (unpaired) electrons. The van der Waals surface area contributed by atoms with Gasteiger partial charge in [0.15, 0.2) is 0 Å². The van der Waals surface area contributed by atoms with E-state index in [9.17, 15) is 0 Å². The summed E-state index contributed by atoms with van der Waals surface area (Å²) in [6.45, 7) is 3.74. The van der Waals surface area contributed by atoms with Crippen LogP contribution in [0.2, 0.25) is 0 Å². The Labute approximate surface area is 61.0 Å². The maximum Gasteiger partial charge on any atom is 0.0153 e. The van der Waals surface area contributed by atoms with Crippen LogP contribution < -0.4 is 0 Å². The lowest BCUT2D eigenvalue weighted by atomic mass is 10.4. The zero-order valence-corrected chi connectivity index (χ0v) is 7.20. The highest BCUT2D eigenvalue weighted by Gasteiger charge is 1.89. The van der Waals surface area contributed by atoms with Gasteiger partial charge < -0.3 is 0 Å². The van der Waals surface area contributed by atoms with Gasteiger partial charge in [0.05, 0.1) is 0 Å². The van der Waals surface area contributed by atoms with Crippen molar-refractivity contribution in [2.24, 2.45) is 0 Å². The van der Waals surface area contributed by atoms with Gasteiger partial charge in [-0.1, -0.05) is 38.5 Å². The molecule has 0 aliphatic heterocycles. The summed E-state index contributed by atoms with van der Waals surface area (Å²) in [4.78, 5) is 0.453. The molecule has 1 unspecified atom stereocenters. The Hall–Kier alpha value is 1.21. The summed E-state index contributed by atoms with van der Waals surface area (Å²) in [5.74, 6) is 0. The lowest BCUT2D eigenvalue weighted by Crippen LogP contribution is -1.88. The first-order chi connectivity index (χ1) is 2.77. The Balaban J connectivity index is 2.63. The molecule has 0 aromatic rings. The van der Waals surface area contributed by atoms with Gasteiger partial charge in [0, 0.05) is 9.25 Å². The normalized spacial score (nSPS) is 14.5. The van der Waals surface area contributed by atoms with Crippen molar-refractivity contribution in [3.8, 4) is 0 Å². The second-order valence-electron chi connectivity index (χ2n) is 1.07. The number of hydrogen-bond acceptors (Lipinski definition) is 0. The quantitative estimate of drug-likeness (QED) is 0.529. The van der Waals surface area contributed by atoms with E-state index in [0.29, 0.717) is 4.83 Å². The summed E-state index contributed by atoms with van der Waals surface area (Å²) in [5.41, 5.74) is 0. The van der Waals surface area contributed by atoms with Crippen LogP contribution >= 0.6 is 38.5 Å². The van der Waals surface area contributed by atoms with Crippen LogP contribution in [0.5, 0.6) is 0 Å². The highest BCUT2D eigenvalue weighted by molar-refractivity contribution is 14.1. The fourth-order valence-corrected chi connectivity index (χ4v) is 1.96. The van der Waals surface area contributed by atoms with Crippen LogP contribution in [0.15, 0.2) is 0 Å². The Kier molecular flexibility index (Phi) is 5.25. The Morgan fingerprint density at radius 3 is 2.33 bits per heavy atom. The molecular weight excluding hydrogens is 255 g/mol. The smallest absolute Gasteiger partial charge is 0.0153 e. The Morgan fingerprint density at radius 2 is 2.33 bits per heavy atom. The fraction of sp³-hybridized carbons (Fsp3) is 0.750. The molecular formula is C4H7BrI. The summed E-state index contributed by atoms with van der Waals surface area (Å²) in [6.07, 6.45) is 1.17. The molecule has 6 heavy (non-hydrogen) atoms. The molecule has 0 rings (SSSR count). The van der Waals surface area contributed by atoms with Gasteiger partial charge >= 0.3 is 0 Å². The minimum atomic E-state index is 0.453. The van der Waals surface area contributed by atoms with Crippen molar-refractivity contribution in [3.63, 3.8) is 0 Å². The SMILES string of the molecule is [CH2]C(Br)CCI. The van der Waals surface area contributed by atoms with E-state index in [-0.39, 0.29) is 0 Å². The van der Waals surface area contributed by atoms with Crippen LogP contribution in [0.4, 0.5) is 0 Å². The molecule has 0 bridgehead atoms. The molecule has 0 aliphatic rings. The van der Waals surface area contributed by atoms with E-state index in [1.807, 2.05) is 0 Å². The van der Waals surface area contributed by atoms with Gasteiger partial charge in [-0.2, -0.15) is 0 Å². The highest BCUT2D eigenvalue weighted by Crippen LogP contribution is 2.03. The number of rotatable bonds is 2. The first kappa shape index (κ1) is 7.21. The predicted octanol–water partition coefficient (Wildman–Crippen LogP) is 2.41. The predicted molar refractivity (Wildman–Crippen MR) is 41.6 cm³/mol. The maximum atomic E-state index is 3.74. The zero-order valence-electron chi connectivity index (χ0n) is 3.45. The van der Waals surface area contributed by atoms with Gasteiger partial charge in [0.2, 0.25) is 0 Å². The molecule has 0 aliphatic carbocycles. The van der Waals surface area contributed by atoms with Crippen molar-refractivity contribution in [2.75, 3.05) is 4.43 Å². The molecule has 37 valence electrons. The van der Waals surface area contributed by atoms with Crippen LogP contribution in [0.1, 0.15) is 6.42 Å². The first-order valence-corrected chi connectivity index (χ1v) is 4.24. The zero-order chi connectivity index (χ0) is 4.99. The third-order valence-electron chi connectivity index (χ3n) is 0.422. The molecule has 0 aromatic carbocycles. The summed E-state index contributed by atoms with van der Waals surface area (Å²) >= 11 is 5.65. The summed E-state index contributed by atoms with van der Waals surface area (Å²) < 4.78 is 1.19. The summed E-state index contributed by atoms with van der Waals surface area (Å²) in [7, 11) is 0. The molecule has 1 atom stereocenters. The van der Waals surface area contributed by atoms with Crippen LogP contribution in [-0.2, 0) is 0 Å². The molecule has 0 spiro atoms. The molecule has 0 saturated carbocycles. The Morgan fingerprint density at radius 1 is 1.83 bits per heavy atom. The number of hydrogen-bond donors (Lipinski definition) is 0. The van der Waals surface area contributed by atoms with Crippen molar-refractivity contribution in [2.45, 2.75) is 11.2 Å². The molecule has 0 fully saturated rings. The van der Waals surface area contributed by atoms with E-state index < -0.39 is 0 Å². The van der Waals surface area contributed by atoms with Crippen LogP contribution in [0, 0.1) is 6.92 Å². The van der Waals surface area contributed by atoms with Crippen molar-refractivity contribution >= 4 is 38.5 Å². The number of halogens is 2. The Bertz CT molecular complexity index is 28.7. The third kappa shape index (κ3) is 5.21. The van der Waals surface area contributed by atoms with Gasteiger partial charge in [0.25, 0.3) is 0 Å². The van der Waals surface area contributed by atoms with Gasteiger partial charge in [0.1, 0.15) is 0 Å². The average Bonchev–Trinajstić information content (AvgIpc) is 1.35. The fourth-order valence-electron chi connectivity index (χ4n) is 0.118. The van der Waals surface area contributed by atoms with Crippen LogP contribution in [0.3, 0.4) is 0 Å². The van der Waals surface area contributed by atoms with Gasteiger partial charge in [-0.15, -0.1) is 0 Å². The second-order valence-corrected chi connectivity index (χ2v) is 3.45. The minimum absolute atomic E-state index is 0.453. The maximum absolute atomic E-state index is 3.74. The van der Waals surface area contributed by atoms with E-state index >= 15 is 0 Å². The van der Waals surface area contributed by atoms with E-state index in [0.717, 1.165) is 0 Å². The van der Waals surface area contributed by atoms with Gasteiger partial charge in [-0.3, -0.25) is 0 Å². The lowest BCUT2D eigenvalue weighted by Gasteiger charge is -1.92. The summed E-state index contributed by atoms with van der Waals surface area (Å²) in [5, 5.41) is 0. The summed E-state index contributed by atoms with van der Waals surface area (Å²) in [6, 6.07) is 0.